The third kappa shape index (κ3) is 2.53. The Morgan fingerprint density at radius 1 is 1.37 bits per heavy atom. The summed E-state index contributed by atoms with van der Waals surface area (Å²) in [5.74, 6) is 0.220. The van der Waals surface area contributed by atoms with E-state index in [2.05, 4.69) is 0 Å². The Labute approximate surface area is 114 Å². The molecule has 2 rings (SSSR count). The first-order valence-electron chi connectivity index (χ1n) is 6.44. The molecule has 0 unspecified atom stereocenters. The number of carbonyl (C=O) groups is 1. The molecule has 1 aliphatic heterocycles. The quantitative estimate of drug-likeness (QED) is 0.780. The smallest absolute Gasteiger partial charge is 0.411 e. The number of hydrogen-bond donors (Lipinski definition) is 1. The summed E-state index contributed by atoms with van der Waals surface area (Å²) in [4.78, 5) is 14.0. The topological polar surface area (TPSA) is 49.8 Å². The normalized spacial score (nSPS) is 17.2. The highest BCUT2D eigenvalue weighted by atomic mass is 16.6. The molecule has 1 N–H and O–H groups in total. The van der Waals surface area contributed by atoms with Gasteiger partial charge in [-0.3, -0.25) is 4.90 Å². The number of carbonyl (C=O) groups excluding carboxylic acids is 1. The van der Waals surface area contributed by atoms with Crippen molar-refractivity contribution in [2.75, 3.05) is 0 Å². The van der Waals surface area contributed by atoms with Gasteiger partial charge in [0.15, 0.2) is 0 Å². The third-order valence-corrected chi connectivity index (χ3v) is 3.37. The van der Waals surface area contributed by atoms with E-state index in [9.17, 15) is 9.90 Å². The van der Waals surface area contributed by atoms with Crippen molar-refractivity contribution >= 4 is 6.09 Å². The summed E-state index contributed by atoms with van der Waals surface area (Å²) in [5, 5.41) is 9.61. The molecule has 0 aromatic heterocycles. The number of phenolic OH excluding ortho intramolecular Hbond substituents is 1. The van der Waals surface area contributed by atoms with Crippen LogP contribution in [0.1, 0.15) is 45.7 Å². The summed E-state index contributed by atoms with van der Waals surface area (Å²) >= 11 is 0. The first-order chi connectivity index (χ1) is 8.61. The van der Waals surface area contributed by atoms with Crippen LogP contribution in [0.15, 0.2) is 18.2 Å². The minimum atomic E-state index is -0.510. The fraction of sp³-hybridized carbons (Fsp3) is 0.533. The van der Waals surface area contributed by atoms with E-state index in [1.807, 2.05) is 40.7 Å². The van der Waals surface area contributed by atoms with Crippen molar-refractivity contribution in [3.8, 4) is 5.75 Å². The summed E-state index contributed by atoms with van der Waals surface area (Å²) in [6, 6.07) is 5.23. The van der Waals surface area contributed by atoms with Gasteiger partial charge >= 0.3 is 6.09 Å². The van der Waals surface area contributed by atoms with Crippen LogP contribution in [0, 0.1) is 0 Å². The average Bonchev–Trinajstić information content (AvgIpc) is 2.48. The highest BCUT2D eigenvalue weighted by Crippen LogP contribution is 2.40. The van der Waals surface area contributed by atoms with Crippen LogP contribution in [0.25, 0.3) is 0 Å². The Morgan fingerprint density at radius 2 is 2.00 bits per heavy atom. The van der Waals surface area contributed by atoms with Crippen LogP contribution >= 0.6 is 0 Å². The molecule has 0 radical (unpaired) electrons. The van der Waals surface area contributed by atoms with Gasteiger partial charge in [0, 0.05) is 0 Å². The van der Waals surface area contributed by atoms with Gasteiger partial charge in [-0.2, -0.15) is 0 Å². The van der Waals surface area contributed by atoms with Crippen LogP contribution in [0.5, 0.6) is 5.75 Å². The summed E-state index contributed by atoms with van der Waals surface area (Å²) in [6.45, 7) is 9.99. The van der Waals surface area contributed by atoms with E-state index >= 15 is 0 Å². The van der Waals surface area contributed by atoms with Crippen LogP contribution in [-0.2, 0) is 16.8 Å². The van der Waals surface area contributed by atoms with Gasteiger partial charge in [0.05, 0.1) is 12.1 Å². The number of ether oxygens (including phenoxy) is 1. The van der Waals surface area contributed by atoms with E-state index in [1.165, 1.54) is 0 Å². The molecule has 0 aliphatic carbocycles. The van der Waals surface area contributed by atoms with E-state index < -0.39 is 11.1 Å². The number of nitrogens with zero attached hydrogens (tertiary/aromatic N) is 1. The Kier molecular flexibility index (Phi) is 3.00. The molecule has 0 saturated carbocycles. The Balaban J connectivity index is 2.30. The number of phenols is 1. The Hall–Kier alpha value is -1.71. The lowest BCUT2D eigenvalue weighted by Crippen LogP contribution is -2.43. The maximum Gasteiger partial charge on any atom is 0.411 e. The minimum absolute atomic E-state index is 0.220. The van der Waals surface area contributed by atoms with Crippen LogP contribution in [-0.4, -0.2) is 21.7 Å². The fourth-order valence-electron chi connectivity index (χ4n) is 2.40. The molecule has 1 amide bonds. The molecule has 1 heterocycles. The second-order valence-corrected chi connectivity index (χ2v) is 6.47. The van der Waals surface area contributed by atoms with E-state index in [-0.39, 0.29) is 11.8 Å². The Bertz CT molecular complexity index is 515. The highest BCUT2D eigenvalue weighted by molar-refractivity contribution is 5.71. The molecule has 0 saturated heterocycles. The molecule has 0 atom stereocenters. The standard InChI is InChI=1S/C15H21NO3/c1-14(2,3)19-13(18)16-9-10-6-7-11(17)8-12(10)15(16,4)5/h6-8,17H,9H2,1-5H3. The first kappa shape index (κ1) is 13.7. The molecule has 0 spiro atoms. The van der Waals surface area contributed by atoms with Crippen molar-refractivity contribution in [3.05, 3.63) is 29.3 Å². The van der Waals surface area contributed by atoms with Gasteiger partial charge in [0.2, 0.25) is 0 Å². The van der Waals surface area contributed by atoms with Gasteiger partial charge in [0.25, 0.3) is 0 Å². The Morgan fingerprint density at radius 3 is 2.58 bits per heavy atom. The van der Waals surface area contributed by atoms with Crippen molar-refractivity contribution in [2.45, 2.75) is 52.3 Å². The number of amides is 1. The lowest BCUT2D eigenvalue weighted by atomic mass is 9.94. The number of fused-ring (bicyclic) bond motifs is 1. The van der Waals surface area contributed by atoms with E-state index in [4.69, 9.17) is 4.74 Å². The number of aromatic hydroxyl groups is 1. The van der Waals surface area contributed by atoms with Crippen molar-refractivity contribution in [1.82, 2.24) is 4.90 Å². The van der Waals surface area contributed by atoms with Gasteiger partial charge in [-0.25, -0.2) is 4.79 Å². The lowest BCUT2D eigenvalue weighted by Gasteiger charge is -2.34. The minimum Gasteiger partial charge on any atom is -0.508 e. The molecule has 4 nitrogen and oxygen atoms in total. The molecule has 1 aromatic rings. The molecule has 0 fully saturated rings. The molecule has 1 aromatic carbocycles. The van der Waals surface area contributed by atoms with Gasteiger partial charge in [0.1, 0.15) is 11.4 Å². The zero-order valence-electron chi connectivity index (χ0n) is 12.2. The van der Waals surface area contributed by atoms with E-state index in [0.29, 0.717) is 6.54 Å². The molecule has 0 bridgehead atoms. The summed E-state index contributed by atoms with van der Waals surface area (Å²) in [5.41, 5.74) is 1.03. The lowest BCUT2D eigenvalue weighted by molar-refractivity contribution is 0.00517. The molecular formula is C15H21NO3. The van der Waals surface area contributed by atoms with Crippen molar-refractivity contribution in [2.24, 2.45) is 0 Å². The van der Waals surface area contributed by atoms with Crippen LogP contribution in [0.2, 0.25) is 0 Å². The number of hydrogen-bond acceptors (Lipinski definition) is 3. The fourth-order valence-corrected chi connectivity index (χ4v) is 2.40. The highest BCUT2D eigenvalue weighted by Gasteiger charge is 2.42. The zero-order valence-corrected chi connectivity index (χ0v) is 12.2. The molecule has 19 heavy (non-hydrogen) atoms. The van der Waals surface area contributed by atoms with Gasteiger partial charge < -0.3 is 9.84 Å². The number of rotatable bonds is 0. The summed E-state index contributed by atoms with van der Waals surface area (Å²) in [6.07, 6.45) is -0.326. The first-order valence-corrected chi connectivity index (χ1v) is 6.44. The van der Waals surface area contributed by atoms with Crippen molar-refractivity contribution in [3.63, 3.8) is 0 Å². The second kappa shape index (κ2) is 4.15. The largest absolute Gasteiger partial charge is 0.508 e. The maximum absolute atomic E-state index is 12.3. The van der Waals surface area contributed by atoms with Gasteiger partial charge in [-0.15, -0.1) is 0 Å². The third-order valence-electron chi connectivity index (χ3n) is 3.37. The van der Waals surface area contributed by atoms with Crippen LogP contribution in [0.4, 0.5) is 4.79 Å². The van der Waals surface area contributed by atoms with Gasteiger partial charge in [-0.05, 0) is 57.9 Å². The van der Waals surface area contributed by atoms with E-state index in [0.717, 1.165) is 11.1 Å². The van der Waals surface area contributed by atoms with Crippen LogP contribution in [0.3, 0.4) is 0 Å². The molecule has 104 valence electrons. The van der Waals surface area contributed by atoms with Gasteiger partial charge in [-0.1, -0.05) is 6.07 Å². The van der Waals surface area contributed by atoms with E-state index in [1.54, 1.807) is 17.0 Å². The summed E-state index contributed by atoms with van der Waals surface area (Å²) < 4.78 is 5.44. The molecule has 4 heteroatoms. The SMILES string of the molecule is CC(C)(C)OC(=O)N1Cc2ccc(O)cc2C1(C)C. The molecular weight excluding hydrogens is 242 g/mol. The van der Waals surface area contributed by atoms with Crippen LogP contribution < -0.4 is 0 Å². The summed E-state index contributed by atoms with van der Waals surface area (Å²) in [7, 11) is 0. The number of benzene rings is 1. The predicted octanol–water partition coefficient (Wildman–Crippen LogP) is 3.38. The van der Waals surface area contributed by atoms with Crippen molar-refractivity contribution < 1.29 is 14.6 Å². The van der Waals surface area contributed by atoms with Crippen molar-refractivity contribution in [1.29, 1.82) is 0 Å². The maximum atomic E-state index is 12.3. The monoisotopic (exact) mass is 263 g/mol. The average molecular weight is 263 g/mol. The second-order valence-electron chi connectivity index (χ2n) is 6.47. The zero-order chi connectivity index (χ0) is 14.4. The predicted molar refractivity (Wildman–Crippen MR) is 72.9 cm³/mol. The molecule has 1 aliphatic rings.